The summed E-state index contributed by atoms with van der Waals surface area (Å²) in [6.45, 7) is 2.33. The van der Waals surface area contributed by atoms with Gasteiger partial charge in [-0.25, -0.2) is 0 Å². The number of nitrogens with zero attached hydrogens (tertiary/aromatic N) is 3. The second-order valence-electron chi connectivity index (χ2n) is 8.17. The van der Waals surface area contributed by atoms with Gasteiger partial charge in [0.2, 0.25) is 5.91 Å². The van der Waals surface area contributed by atoms with Crippen molar-refractivity contribution < 1.29 is 29.1 Å². The summed E-state index contributed by atoms with van der Waals surface area (Å²) < 4.78 is 0. The van der Waals surface area contributed by atoms with Crippen molar-refractivity contribution in [3.05, 3.63) is 35.4 Å². The van der Waals surface area contributed by atoms with E-state index in [1.54, 1.807) is 17.0 Å². The predicted octanol–water partition coefficient (Wildman–Crippen LogP) is 0.739. The lowest BCUT2D eigenvalue weighted by Gasteiger charge is -2.41. The molecule has 2 saturated heterocycles. The zero-order valence-corrected chi connectivity index (χ0v) is 16.7. The molecule has 4 rings (SSSR count). The van der Waals surface area contributed by atoms with Crippen LogP contribution < -0.4 is 0 Å². The molecular formula is C21H23N3O6. The predicted molar refractivity (Wildman–Crippen MR) is 104 cm³/mol. The summed E-state index contributed by atoms with van der Waals surface area (Å²) in [6, 6.07) is 5.22. The fourth-order valence-electron chi connectivity index (χ4n) is 4.54. The lowest BCUT2D eigenvalue weighted by Crippen LogP contribution is -2.63. The minimum atomic E-state index is -1.42. The van der Waals surface area contributed by atoms with E-state index in [1.807, 2.05) is 0 Å². The lowest BCUT2D eigenvalue weighted by atomic mass is 9.95. The van der Waals surface area contributed by atoms with Crippen LogP contribution in [-0.2, 0) is 14.4 Å². The number of imide groups is 2. The van der Waals surface area contributed by atoms with E-state index in [0.717, 1.165) is 22.6 Å². The Bertz CT molecular complexity index is 919. The number of piperidine rings is 1. The summed E-state index contributed by atoms with van der Waals surface area (Å²) in [4.78, 5) is 67.1. The largest absolute Gasteiger partial charge is 0.480 e. The van der Waals surface area contributed by atoms with Crippen LogP contribution in [0.5, 0.6) is 0 Å². The first-order valence-corrected chi connectivity index (χ1v) is 10.1. The standard InChI is InChI=1S/C21H23N3O6/c1-21(20(29)30,22-10-4-5-11-22)12-23-16(25)9-8-15(19(23)28)24-17(26)13-6-2-3-7-14(13)18(24)27/h2-3,6-7,15H,4-5,8-12H2,1H3,(H,29,30)/t15?,21-/m0/s1. The molecular weight excluding hydrogens is 390 g/mol. The van der Waals surface area contributed by atoms with Gasteiger partial charge in [-0.15, -0.1) is 0 Å². The molecule has 2 fully saturated rings. The molecule has 1 aromatic carbocycles. The number of benzene rings is 1. The third-order valence-electron chi connectivity index (χ3n) is 6.35. The average molecular weight is 413 g/mol. The zero-order chi connectivity index (χ0) is 21.6. The van der Waals surface area contributed by atoms with Crippen molar-refractivity contribution in [3.63, 3.8) is 0 Å². The molecule has 0 radical (unpaired) electrons. The van der Waals surface area contributed by atoms with Crippen LogP contribution in [0.15, 0.2) is 24.3 Å². The smallest absolute Gasteiger partial charge is 0.325 e. The highest BCUT2D eigenvalue weighted by atomic mass is 16.4. The van der Waals surface area contributed by atoms with E-state index >= 15 is 0 Å². The number of hydrogen-bond donors (Lipinski definition) is 1. The van der Waals surface area contributed by atoms with E-state index in [2.05, 4.69) is 0 Å². The van der Waals surface area contributed by atoms with E-state index in [9.17, 15) is 29.1 Å². The van der Waals surface area contributed by atoms with Crippen LogP contribution in [0.3, 0.4) is 0 Å². The van der Waals surface area contributed by atoms with Gasteiger partial charge in [-0.3, -0.25) is 38.7 Å². The van der Waals surface area contributed by atoms with Crippen LogP contribution in [0.25, 0.3) is 0 Å². The van der Waals surface area contributed by atoms with Crippen LogP contribution in [0.2, 0.25) is 0 Å². The molecule has 0 bridgehead atoms. The third-order valence-corrected chi connectivity index (χ3v) is 6.35. The van der Waals surface area contributed by atoms with Crippen molar-refractivity contribution in [2.24, 2.45) is 0 Å². The normalized spacial score (nSPS) is 24.4. The maximum Gasteiger partial charge on any atom is 0.325 e. The van der Waals surface area contributed by atoms with Crippen molar-refractivity contribution in [1.82, 2.24) is 14.7 Å². The monoisotopic (exact) mass is 413 g/mol. The van der Waals surface area contributed by atoms with Crippen molar-refractivity contribution >= 4 is 29.6 Å². The van der Waals surface area contributed by atoms with E-state index in [4.69, 9.17) is 0 Å². The summed E-state index contributed by atoms with van der Waals surface area (Å²) >= 11 is 0. The van der Waals surface area contributed by atoms with Crippen molar-refractivity contribution in [2.75, 3.05) is 19.6 Å². The Hall–Kier alpha value is -3.07. The molecule has 4 amide bonds. The summed E-state index contributed by atoms with van der Waals surface area (Å²) in [5, 5.41) is 9.87. The second kappa shape index (κ2) is 7.32. The molecule has 9 heteroatoms. The third kappa shape index (κ3) is 3.00. The van der Waals surface area contributed by atoms with E-state index < -0.39 is 41.2 Å². The van der Waals surface area contributed by atoms with Gasteiger partial charge >= 0.3 is 5.97 Å². The Morgan fingerprint density at radius 2 is 1.63 bits per heavy atom. The Kier molecular flexibility index (Phi) is 4.93. The molecule has 1 unspecified atom stereocenters. The summed E-state index contributed by atoms with van der Waals surface area (Å²) in [7, 11) is 0. The fourth-order valence-corrected chi connectivity index (χ4v) is 4.54. The molecule has 1 N–H and O–H groups in total. The van der Waals surface area contributed by atoms with E-state index in [0.29, 0.717) is 13.1 Å². The molecule has 3 aliphatic heterocycles. The van der Waals surface area contributed by atoms with Crippen molar-refractivity contribution in [2.45, 2.75) is 44.2 Å². The maximum atomic E-state index is 13.2. The first-order valence-electron chi connectivity index (χ1n) is 10.1. The number of hydrogen-bond acceptors (Lipinski definition) is 6. The molecule has 3 heterocycles. The zero-order valence-electron chi connectivity index (χ0n) is 16.7. The highest BCUT2D eigenvalue weighted by Gasteiger charge is 2.50. The summed E-state index contributed by atoms with van der Waals surface area (Å²) in [6.07, 6.45) is 1.69. The van der Waals surface area contributed by atoms with Gasteiger partial charge in [-0.2, -0.15) is 0 Å². The molecule has 1 aromatic rings. The van der Waals surface area contributed by atoms with Crippen molar-refractivity contribution in [1.29, 1.82) is 0 Å². The average Bonchev–Trinajstić information content (AvgIpc) is 3.35. The first kappa shape index (κ1) is 20.2. The summed E-state index contributed by atoms with van der Waals surface area (Å²) in [5.41, 5.74) is -0.969. The van der Waals surface area contributed by atoms with E-state index in [-0.39, 0.29) is 30.5 Å². The van der Waals surface area contributed by atoms with Gasteiger partial charge in [-0.1, -0.05) is 12.1 Å². The molecule has 0 saturated carbocycles. The van der Waals surface area contributed by atoms with Gasteiger partial charge in [0.1, 0.15) is 11.6 Å². The molecule has 0 aliphatic carbocycles. The Morgan fingerprint density at radius 3 is 2.17 bits per heavy atom. The number of carbonyl (C=O) groups is 5. The molecule has 0 aromatic heterocycles. The number of fused-ring (bicyclic) bond motifs is 1. The van der Waals surface area contributed by atoms with Crippen molar-refractivity contribution in [3.8, 4) is 0 Å². The Morgan fingerprint density at radius 1 is 1.07 bits per heavy atom. The van der Waals surface area contributed by atoms with Gasteiger partial charge in [0, 0.05) is 6.42 Å². The quantitative estimate of drug-likeness (QED) is 0.708. The van der Waals surface area contributed by atoms with Crippen LogP contribution in [0.4, 0.5) is 0 Å². The SMILES string of the molecule is C[C@](CN1C(=O)CCC(N2C(=O)c3ccccc3C2=O)C1=O)(C(=O)O)N1CCCC1. The van der Waals surface area contributed by atoms with Crippen LogP contribution in [0.1, 0.15) is 53.3 Å². The maximum absolute atomic E-state index is 13.2. The van der Waals surface area contributed by atoms with Gasteiger partial charge in [0.05, 0.1) is 17.7 Å². The molecule has 9 nitrogen and oxygen atoms in total. The van der Waals surface area contributed by atoms with Gasteiger partial charge in [-0.05, 0) is 51.4 Å². The van der Waals surface area contributed by atoms with Gasteiger partial charge in [0.15, 0.2) is 0 Å². The number of aliphatic carboxylic acids is 1. The molecule has 30 heavy (non-hydrogen) atoms. The minimum absolute atomic E-state index is 0.0349. The Balaban J connectivity index is 1.61. The Labute approximate surface area is 173 Å². The van der Waals surface area contributed by atoms with Crippen LogP contribution in [-0.4, -0.2) is 80.6 Å². The topological polar surface area (TPSA) is 115 Å². The van der Waals surface area contributed by atoms with Gasteiger partial charge < -0.3 is 5.11 Å². The first-order chi connectivity index (χ1) is 14.3. The number of likely N-dealkylation sites (tertiary alicyclic amines) is 2. The highest BCUT2D eigenvalue weighted by molar-refractivity contribution is 6.23. The molecule has 158 valence electrons. The number of carboxylic acids is 1. The molecule has 3 aliphatic rings. The second-order valence-corrected chi connectivity index (χ2v) is 8.17. The molecule has 2 atom stereocenters. The van der Waals surface area contributed by atoms with Crippen LogP contribution in [0, 0.1) is 0 Å². The fraction of sp³-hybridized carbons (Fsp3) is 0.476. The molecule has 0 spiro atoms. The number of amides is 4. The van der Waals surface area contributed by atoms with Crippen LogP contribution >= 0.6 is 0 Å². The summed E-state index contributed by atoms with van der Waals surface area (Å²) in [5.74, 6) is -3.44. The number of rotatable bonds is 5. The number of carbonyl (C=O) groups excluding carboxylic acids is 4. The highest BCUT2D eigenvalue weighted by Crippen LogP contribution is 2.31. The van der Waals surface area contributed by atoms with Gasteiger partial charge in [0.25, 0.3) is 17.7 Å². The van der Waals surface area contributed by atoms with E-state index in [1.165, 1.54) is 19.1 Å². The number of carboxylic acid groups (broad SMARTS) is 1. The lowest BCUT2D eigenvalue weighted by molar-refractivity contribution is -0.159. The minimum Gasteiger partial charge on any atom is -0.480 e.